The van der Waals surface area contributed by atoms with Gasteiger partial charge in [-0.2, -0.15) is 0 Å². The predicted octanol–water partition coefficient (Wildman–Crippen LogP) is 5.10. The highest BCUT2D eigenvalue weighted by Crippen LogP contribution is 2.28. The Morgan fingerprint density at radius 3 is 2.68 bits per heavy atom. The lowest BCUT2D eigenvalue weighted by Gasteiger charge is -2.19. The fraction of sp³-hybridized carbons (Fsp3) is 0.318. The van der Waals surface area contributed by atoms with Crippen LogP contribution in [0.1, 0.15) is 42.4 Å². The zero-order valence-corrected chi connectivity index (χ0v) is 17.5. The minimum atomic E-state index is -0.0786. The van der Waals surface area contributed by atoms with Crippen LogP contribution in [0.2, 0.25) is 0 Å². The van der Waals surface area contributed by atoms with E-state index in [-0.39, 0.29) is 5.91 Å². The highest BCUT2D eigenvalue weighted by Gasteiger charge is 2.28. The molecule has 0 bridgehead atoms. The molecule has 0 unspecified atom stereocenters. The Kier molecular flexibility index (Phi) is 5.57. The van der Waals surface area contributed by atoms with Crippen molar-refractivity contribution in [1.29, 1.82) is 0 Å². The van der Waals surface area contributed by atoms with Crippen LogP contribution < -0.4 is 4.90 Å². The van der Waals surface area contributed by atoms with E-state index in [1.54, 1.807) is 11.1 Å². The Labute approximate surface area is 173 Å². The van der Waals surface area contributed by atoms with E-state index < -0.39 is 0 Å². The Balaban J connectivity index is 1.79. The van der Waals surface area contributed by atoms with E-state index in [4.69, 9.17) is 4.98 Å². The maximum atomic E-state index is 13.5. The zero-order valence-electron chi connectivity index (χ0n) is 15.9. The molecule has 28 heavy (non-hydrogen) atoms. The monoisotopic (exact) mass is 438 g/mol. The van der Waals surface area contributed by atoms with Crippen molar-refractivity contribution in [2.75, 3.05) is 11.4 Å². The number of hydrogen-bond acceptors (Lipinski definition) is 3. The van der Waals surface area contributed by atoms with Crippen LogP contribution in [0.4, 0.5) is 5.82 Å². The molecule has 1 aliphatic heterocycles. The second kappa shape index (κ2) is 8.27. The third kappa shape index (κ3) is 3.61. The summed E-state index contributed by atoms with van der Waals surface area (Å²) >= 11 is 3.40. The van der Waals surface area contributed by atoms with Gasteiger partial charge in [-0.1, -0.05) is 36.8 Å². The average molecular weight is 439 g/mol. The molecule has 1 amide bonds. The van der Waals surface area contributed by atoms with Crippen LogP contribution in [-0.4, -0.2) is 27.0 Å². The minimum Gasteiger partial charge on any atom is -0.327 e. The number of imidazole rings is 1. The molecule has 0 spiro atoms. The van der Waals surface area contributed by atoms with Gasteiger partial charge in [0.2, 0.25) is 0 Å². The number of aromatic nitrogens is 3. The molecule has 0 N–H and O–H groups in total. The first-order valence-corrected chi connectivity index (χ1v) is 10.6. The van der Waals surface area contributed by atoms with Gasteiger partial charge in [0, 0.05) is 29.3 Å². The number of carbonyl (C=O) groups excluding carboxylic acids is 1. The van der Waals surface area contributed by atoms with Gasteiger partial charge in [-0.3, -0.25) is 9.69 Å². The summed E-state index contributed by atoms with van der Waals surface area (Å²) in [4.78, 5) is 24.5. The van der Waals surface area contributed by atoms with Crippen molar-refractivity contribution in [1.82, 2.24) is 14.5 Å². The predicted molar refractivity (Wildman–Crippen MR) is 115 cm³/mol. The van der Waals surface area contributed by atoms with E-state index in [0.29, 0.717) is 18.1 Å². The third-order valence-corrected chi connectivity index (χ3v) is 5.62. The van der Waals surface area contributed by atoms with Crippen molar-refractivity contribution in [3.05, 3.63) is 64.5 Å². The lowest BCUT2D eigenvalue weighted by atomic mass is 10.1. The minimum absolute atomic E-state index is 0.0786. The summed E-state index contributed by atoms with van der Waals surface area (Å²) in [6, 6.07) is 13.9. The van der Waals surface area contributed by atoms with Crippen LogP contribution in [0, 0.1) is 0 Å². The number of hydrogen-bond donors (Lipinski definition) is 0. The molecule has 5 nitrogen and oxygen atoms in total. The van der Waals surface area contributed by atoms with Crippen LogP contribution in [0.15, 0.2) is 53.1 Å². The largest absolute Gasteiger partial charge is 0.327 e. The smallest absolute Gasteiger partial charge is 0.279 e. The van der Waals surface area contributed by atoms with Crippen LogP contribution >= 0.6 is 15.9 Å². The van der Waals surface area contributed by atoms with Crippen LogP contribution in [0.3, 0.4) is 0 Å². The molecular weight excluding hydrogens is 416 g/mol. The van der Waals surface area contributed by atoms with Gasteiger partial charge in [-0.25, -0.2) is 9.97 Å². The molecular formula is C22H23BrN4O. The molecule has 1 aliphatic rings. The molecule has 144 valence electrons. The number of rotatable bonds is 4. The molecule has 4 rings (SSSR count). The summed E-state index contributed by atoms with van der Waals surface area (Å²) in [5, 5.41) is 0. The van der Waals surface area contributed by atoms with Gasteiger partial charge >= 0.3 is 0 Å². The van der Waals surface area contributed by atoms with Crippen molar-refractivity contribution < 1.29 is 4.79 Å². The molecule has 0 saturated heterocycles. The summed E-state index contributed by atoms with van der Waals surface area (Å²) < 4.78 is 3.14. The van der Waals surface area contributed by atoms with Gasteiger partial charge in [0.1, 0.15) is 11.6 Å². The normalized spacial score (nSPS) is 13.6. The van der Waals surface area contributed by atoms with E-state index in [1.807, 2.05) is 37.3 Å². The molecule has 3 heterocycles. The van der Waals surface area contributed by atoms with Gasteiger partial charge in [-0.15, -0.1) is 0 Å². The second-order valence-electron chi connectivity index (χ2n) is 6.94. The van der Waals surface area contributed by atoms with Crippen LogP contribution in [-0.2, 0) is 13.0 Å². The van der Waals surface area contributed by atoms with Gasteiger partial charge < -0.3 is 4.57 Å². The Morgan fingerprint density at radius 2 is 1.96 bits per heavy atom. The maximum Gasteiger partial charge on any atom is 0.279 e. The number of pyridine rings is 1. The third-order valence-electron chi connectivity index (χ3n) is 5.15. The first-order valence-electron chi connectivity index (χ1n) is 9.77. The molecule has 0 fully saturated rings. The summed E-state index contributed by atoms with van der Waals surface area (Å²) in [6.45, 7) is 3.41. The van der Waals surface area contributed by atoms with Crippen molar-refractivity contribution in [3.63, 3.8) is 0 Å². The molecule has 0 aliphatic carbocycles. The molecule has 2 aromatic heterocycles. The van der Waals surface area contributed by atoms with Crippen LogP contribution in [0.5, 0.6) is 0 Å². The molecule has 1 aromatic carbocycles. The van der Waals surface area contributed by atoms with Gasteiger partial charge in [0.15, 0.2) is 5.69 Å². The van der Waals surface area contributed by atoms with Crippen LogP contribution in [0.25, 0.3) is 11.4 Å². The van der Waals surface area contributed by atoms with Crippen molar-refractivity contribution in [2.24, 2.45) is 0 Å². The SMILES string of the molecule is CCN(C(=O)c1nc(-c2ccccc2)n2c1CCCCC2)c1ccc(Br)cn1. The number of halogens is 1. The van der Waals surface area contributed by atoms with E-state index in [1.165, 1.54) is 6.42 Å². The van der Waals surface area contributed by atoms with E-state index in [2.05, 4.69) is 37.6 Å². The van der Waals surface area contributed by atoms with Gasteiger partial charge in [-0.05, 0) is 54.2 Å². The number of nitrogens with zero attached hydrogens (tertiary/aromatic N) is 4. The van der Waals surface area contributed by atoms with Crippen molar-refractivity contribution in [2.45, 2.75) is 39.2 Å². The summed E-state index contributed by atoms with van der Waals surface area (Å²) in [5.41, 5.74) is 2.67. The quantitative estimate of drug-likeness (QED) is 0.568. The van der Waals surface area contributed by atoms with Gasteiger partial charge in [0.25, 0.3) is 5.91 Å². The average Bonchev–Trinajstić information content (AvgIpc) is 2.91. The number of amides is 1. The van der Waals surface area contributed by atoms with E-state index in [0.717, 1.165) is 47.4 Å². The van der Waals surface area contributed by atoms with Crippen molar-refractivity contribution >= 4 is 27.7 Å². The maximum absolute atomic E-state index is 13.5. The number of anilines is 1. The Morgan fingerprint density at radius 1 is 1.14 bits per heavy atom. The fourth-order valence-corrected chi connectivity index (χ4v) is 4.00. The lowest BCUT2D eigenvalue weighted by molar-refractivity contribution is 0.0982. The summed E-state index contributed by atoms with van der Waals surface area (Å²) in [7, 11) is 0. The van der Waals surface area contributed by atoms with E-state index >= 15 is 0 Å². The highest BCUT2D eigenvalue weighted by atomic mass is 79.9. The molecule has 6 heteroatoms. The number of fused-ring (bicyclic) bond motifs is 1. The topological polar surface area (TPSA) is 51.0 Å². The van der Waals surface area contributed by atoms with Crippen molar-refractivity contribution in [3.8, 4) is 11.4 Å². The molecule has 0 saturated carbocycles. The number of benzene rings is 1. The molecule has 3 aromatic rings. The molecule has 0 atom stereocenters. The summed E-state index contributed by atoms with van der Waals surface area (Å²) in [6.07, 6.45) is 5.97. The standard InChI is InChI=1S/C22H23BrN4O/c1-2-26(19-13-12-17(23)15-24-19)22(28)20-18-11-7-4-8-14-27(18)21(25-20)16-9-5-3-6-10-16/h3,5-6,9-10,12-13,15H,2,4,7-8,11,14H2,1H3. The second-order valence-corrected chi connectivity index (χ2v) is 7.86. The molecule has 0 radical (unpaired) electrons. The summed E-state index contributed by atoms with van der Waals surface area (Å²) in [5.74, 6) is 1.46. The Bertz CT molecular complexity index is 966. The first kappa shape index (κ1) is 18.9. The zero-order chi connectivity index (χ0) is 19.5. The van der Waals surface area contributed by atoms with Gasteiger partial charge in [0.05, 0.1) is 5.69 Å². The lowest BCUT2D eigenvalue weighted by Crippen LogP contribution is -2.32. The van der Waals surface area contributed by atoms with E-state index in [9.17, 15) is 4.79 Å². The Hall–Kier alpha value is -2.47. The highest BCUT2D eigenvalue weighted by molar-refractivity contribution is 9.10. The fourth-order valence-electron chi connectivity index (χ4n) is 3.76. The first-order chi connectivity index (χ1) is 13.7. The number of carbonyl (C=O) groups is 1.